The van der Waals surface area contributed by atoms with E-state index < -0.39 is 47.1 Å². The molecule has 1 fully saturated rings. The second-order valence-corrected chi connectivity index (χ2v) is 10.0. The van der Waals surface area contributed by atoms with Gasteiger partial charge in [0.15, 0.2) is 6.61 Å². The molecule has 10 nitrogen and oxygen atoms in total. The van der Waals surface area contributed by atoms with E-state index in [-0.39, 0.29) is 30.0 Å². The average molecular weight is 796 g/mol. The minimum atomic E-state index is -1.85. The Morgan fingerprint density at radius 2 is 1.80 bits per heavy atom. The second kappa shape index (κ2) is 11.6. The van der Waals surface area contributed by atoms with Crippen molar-refractivity contribution < 1.29 is 36.5 Å². The van der Waals surface area contributed by atoms with E-state index in [0.29, 0.717) is 10.7 Å². The lowest BCUT2D eigenvalue weighted by atomic mass is 10.1. The Bertz CT molecular complexity index is 945. The Kier molecular flexibility index (Phi) is 10.1. The lowest BCUT2D eigenvalue weighted by Gasteiger charge is -2.18. The Labute approximate surface area is 219 Å². The molecule has 2 N–H and O–H groups in total. The van der Waals surface area contributed by atoms with Gasteiger partial charge in [0, 0.05) is 17.0 Å². The molecule has 2 unspecified atom stereocenters. The van der Waals surface area contributed by atoms with Crippen LogP contribution in [-0.2, 0) is 34.1 Å². The van der Waals surface area contributed by atoms with Crippen LogP contribution in [0, 0.1) is 10.7 Å². The molecule has 15 heteroatoms. The number of anilines is 1. The van der Waals surface area contributed by atoms with Crippen molar-refractivity contribution in [3.8, 4) is 0 Å². The van der Waals surface area contributed by atoms with Gasteiger partial charge in [-0.3, -0.25) is 27.5 Å². The van der Waals surface area contributed by atoms with Crippen LogP contribution in [0.25, 0.3) is 0 Å². The number of esters is 1. The summed E-state index contributed by atoms with van der Waals surface area (Å²) in [6, 6.07) is 0. The summed E-state index contributed by atoms with van der Waals surface area (Å²) in [5.41, 5.74) is 0.348. The molecule has 1 aliphatic rings. The van der Waals surface area contributed by atoms with Crippen molar-refractivity contribution in [2.45, 2.75) is 13.0 Å². The molecule has 1 aromatic rings. The van der Waals surface area contributed by atoms with E-state index in [2.05, 4.69) is 15.4 Å². The maximum absolute atomic E-state index is 12.8. The van der Waals surface area contributed by atoms with Crippen LogP contribution < -0.4 is 10.6 Å². The first-order chi connectivity index (χ1) is 14.0. The van der Waals surface area contributed by atoms with E-state index in [0.717, 1.165) is 6.92 Å². The normalized spacial score (nSPS) is 18.0. The van der Waals surface area contributed by atoms with Crippen molar-refractivity contribution in [1.29, 1.82) is 0 Å². The zero-order valence-corrected chi connectivity index (χ0v) is 22.9. The van der Waals surface area contributed by atoms with Gasteiger partial charge < -0.3 is 15.4 Å². The number of benzene rings is 1. The third-order valence-electron chi connectivity index (χ3n) is 3.47. The highest BCUT2D eigenvalue weighted by atomic mass is 127. The summed E-state index contributed by atoms with van der Waals surface area (Å²) >= 11 is 9.39. The largest absolute Gasteiger partial charge is 0.456 e. The first-order valence-electron chi connectivity index (χ1n) is 7.86. The molecule has 1 saturated heterocycles. The fraction of sp³-hybridized carbons (Fsp3) is 0.333. The Morgan fingerprint density at radius 3 is 2.33 bits per heavy atom. The molecule has 0 saturated carbocycles. The summed E-state index contributed by atoms with van der Waals surface area (Å²) in [6.45, 7) is 0.694. The van der Waals surface area contributed by atoms with E-state index in [1.165, 1.54) is 0 Å². The fourth-order valence-electron chi connectivity index (χ4n) is 2.17. The molecule has 0 aromatic heterocycles. The van der Waals surface area contributed by atoms with E-state index in [9.17, 15) is 23.4 Å². The summed E-state index contributed by atoms with van der Waals surface area (Å²) < 4.78 is 26.5. The molecule has 2 rings (SSSR count). The zero-order chi connectivity index (χ0) is 22.6. The van der Waals surface area contributed by atoms with E-state index in [1.807, 2.05) is 67.8 Å². The average Bonchev–Trinajstić information content (AvgIpc) is 3.06. The first-order valence-corrected chi connectivity index (χ1v) is 12.5. The molecule has 0 spiro atoms. The quantitative estimate of drug-likeness (QED) is 0.244. The van der Waals surface area contributed by atoms with Gasteiger partial charge in [-0.2, -0.15) is 4.21 Å². The van der Waals surface area contributed by atoms with Crippen LogP contribution in [-0.4, -0.2) is 53.1 Å². The van der Waals surface area contributed by atoms with Crippen LogP contribution in [0.15, 0.2) is 0 Å². The summed E-state index contributed by atoms with van der Waals surface area (Å²) in [5, 5.41) is 4.35. The Hall–Kier alpha value is -0.150. The molecule has 1 aliphatic heterocycles. The number of ether oxygens (including phenoxy) is 1. The van der Waals surface area contributed by atoms with E-state index in [1.54, 1.807) is 0 Å². The SMILES string of the molecule is CC(=O)OCC(=O)Nc1c(I)c(C(=O)Cl)c(I)c(C(=O)NCC2COS(=O)O2)c1I. The maximum atomic E-state index is 12.8. The molecule has 0 aliphatic carbocycles. The summed E-state index contributed by atoms with van der Waals surface area (Å²) in [6.07, 6.45) is -0.592. The van der Waals surface area contributed by atoms with Gasteiger partial charge in [-0.1, -0.05) is 0 Å². The van der Waals surface area contributed by atoms with Gasteiger partial charge in [0.25, 0.3) is 17.1 Å². The highest BCUT2D eigenvalue weighted by Gasteiger charge is 2.29. The lowest BCUT2D eigenvalue weighted by Crippen LogP contribution is -2.34. The second-order valence-electron chi connectivity index (χ2n) is 5.59. The number of nitrogens with one attached hydrogen (secondary N) is 2. The van der Waals surface area contributed by atoms with Crippen molar-refractivity contribution in [1.82, 2.24) is 5.32 Å². The number of halogens is 4. The lowest BCUT2D eigenvalue weighted by molar-refractivity contribution is -0.144. The highest BCUT2D eigenvalue weighted by molar-refractivity contribution is 14.1. The molecule has 164 valence electrons. The van der Waals surface area contributed by atoms with E-state index >= 15 is 0 Å². The van der Waals surface area contributed by atoms with Crippen molar-refractivity contribution in [2.75, 3.05) is 25.1 Å². The summed E-state index contributed by atoms with van der Waals surface area (Å²) in [5.74, 6) is -1.84. The molecular formula is C15H12ClI3N2O8S. The van der Waals surface area contributed by atoms with Gasteiger partial charge in [-0.05, 0) is 79.4 Å². The Balaban J connectivity index is 2.36. The number of carbonyl (C=O) groups is 4. The van der Waals surface area contributed by atoms with Gasteiger partial charge in [0.2, 0.25) is 0 Å². The molecule has 30 heavy (non-hydrogen) atoms. The van der Waals surface area contributed by atoms with Crippen molar-refractivity contribution in [3.05, 3.63) is 21.8 Å². The van der Waals surface area contributed by atoms with Crippen LogP contribution in [0.3, 0.4) is 0 Å². The van der Waals surface area contributed by atoms with Crippen molar-refractivity contribution in [3.63, 3.8) is 0 Å². The number of amides is 2. The van der Waals surface area contributed by atoms with Crippen LogP contribution in [0.2, 0.25) is 0 Å². The van der Waals surface area contributed by atoms with Crippen molar-refractivity contribution in [2.24, 2.45) is 0 Å². The molecule has 2 amide bonds. The first kappa shape index (κ1) is 26.1. The van der Waals surface area contributed by atoms with Crippen LogP contribution in [0.4, 0.5) is 5.69 Å². The van der Waals surface area contributed by atoms with Crippen LogP contribution >= 0.6 is 79.4 Å². The molecule has 1 aromatic carbocycles. The molecule has 2 atom stereocenters. The topological polar surface area (TPSA) is 137 Å². The smallest absolute Gasteiger partial charge is 0.305 e. The molecule has 0 bridgehead atoms. The highest BCUT2D eigenvalue weighted by Crippen LogP contribution is 2.36. The minimum Gasteiger partial charge on any atom is -0.456 e. The standard InChI is InChI=1S/C15H12ClI3N2O8S/c1-5(22)27-4-7(23)21-13-11(18)8(14(16)24)10(17)9(12(13)19)15(25)20-2-6-3-28-30(26)29-6/h6H,2-4H2,1H3,(H,20,25)(H,21,23). The third kappa shape index (κ3) is 6.67. The van der Waals surface area contributed by atoms with Gasteiger partial charge in [-0.15, -0.1) is 0 Å². The number of rotatable bonds is 7. The summed E-state index contributed by atoms with van der Waals surface area (Å²) in [4.78, 5) is 47.9. The minimum absolute atomic E-state index is 0.0149. The van der Waals surface area contributed by atoms with Gasteiger partial charge in [-0.25, -0.2) is 0 Å². The predicted molar refractivity (Wildman–Crippen MR) is 131 cm³/mol. The zero-order valence-electron chi connectivity index (χ0n) is 14.9. The van der Waals surface area contributed by atoms with Gasteiger partial charge in [0.05, 0.1) is 30.6 Å². The molecule has 1 heterocycles. The fourth-order valence-corrected chi connectivity index (χ4v) is 7.76. The summed E-state index contributed by atoms with van der Waals surface area (Å²) in [7, 11) is 0. The third-order valence-corrected chi connectivity index (χ3v) is 7.65. The van der Waals surface area contributed by atoms with Crippen molar-refractivity contribution >= 4 is 119 Å². The molecule has 0 radical (unpaired) electrons. The van der Waals surface area contributed by atoms with Crippen LogP contribution in [0.1, 0.15) is 27.6 Å². The molecular weight excluding hydrogens is 784 g/mol. The van der Waals surface area contributed by atoms with Gasteiger partial charge in [0.1, 0.15) is 6.10 Å². The number of hydrogen-bond acceptors (Lipinski definition) is 8. The predicted octanol–water partition coefficient (Wildman–Crippen LogP) is 2.10. The Morgan fingerprint density at radius 1 is 1.17 bits per heavy atom. The number of carbonyl (C=O) groups excluding carboxylic acids is 4. The monoisotopic (exact) mass is 796 g/mol. The maximum Gasteiger partial charge on any atom is 0.305 e. The van der Waals surface area contributed by atoms with E-state index in [4.69, 9.17) is 20.0 Å². The van der Waals surface area contributed by atoms with Gasteiger partial charge >= 0.3 is 17.3 Å². The number of hydrogen-bond donors (Lipinski definition) is 2. The van der Waals surface area contributed by atoms with Crippen LogP contribution in [0.5, 0.6) is 0 Å².